The molecule has 0 aliphatic carbocycles. The van der Waals surface area contributed by atoms with Gasteiger partial charge in [-0.3, -0.25) is 0 Å². The minimum Gasteiger partial charge on any atom is -0.487 e. The van der Waals surface area contributed by atoms with Crippen LogP contribution in [0, 0.1) is 0 Å². The van der Waals surface area contributed by atoms with Crippen molar-refractivity contribution in [1.82, 2.24) is 0 Å². The lowest BCUT2D eigenvalue weighted by molar-refractivity contribution is 0.0119. The van der Waals surface area contributed by atoms with E-state index in [1.165, 1.54) is 16.8 Å². The molecule has 0 bridgehead atoms. The zero-order valence-corrected chi connectivity index (χ0v) is 11.9. The van der Waals surface area contributed by atoms with Crippen LogP contribution in [0.5, 0.6) is 5.75 Å². The first-order valence-corrected chi connectivity index (χ1v) is 7.56. The molecule has 2 aromatic carbocycles. The first kappa shape index (κ1) is 12.7. The minimum absolute atomic E-state index is 0.152. The topological polar surface area (TPSA) is 30.5 Å². The van der Waals surface area contributed by atoms with Gasteiger partial charge in [0, 0.05) is 25.1 Å². The molecule has 21 heavy (non-hydrogen) atoms. The molecule has 0 fully saturated rings. The summed E-state index contributed by atoms with van der Waals surface area (Å²) >= 11 is 0. The van der Waals surface area contributed by atoms with Gasteiger partial charge in [-0.15, -0.1) is 0 Å². The summed E-state index contributed by atoms with van der Waals surface area (Å²) in [4.78, 5) is 0. The van der Waals surface area contributed by atoms with Gasteiger partial charge in [0.15, 0.2) is 0 Å². The Kier molecular flexibility index (Phi) is 3.28. The Morgan fingerprint density at radius 3 is 2.71 bits per heavy atom. The molecule has 2 heterocycles. The number of benzene rings is 2. The van der Waals surface area contributed by atoms with Crippen molar-refractivity contribution in [1.29, 1.82) is 0 Å². The number of para-hydroxylation sites is 2. The van der Waals surface area contributed by atoms with E-state index in [0.29, 0.717) is 6.61 Å². The number of ether oxygens (including phenoxy) is 2. The zero-order chi connectivity index (χ0) is 14.1. The summed E-state index contributed by atoms with van der Waals surface area (Å²) in [6.45, 7) is 1.53. The Bertz CT molecular complexity index is 616. The minimum atomic E-state index is 0.152. The fourth-order valence-corrected chi connectivity index (χ4v) is 3.12. The van der Waals surface area contributed by atoms with Gasteiger partial charge in [0.05, 0.1) is 12.7 Å². The van der Waals surface area contributed by atoms with Gasteiger partial charge in [0.25, 0.3) is 0 Å². The van der Waals surface area contributed by atoms with E-state index in [4.69, 9.17) is 9.47 Å². The summed E-state index contributed by atoms with van der Waals surface area (Å²) in [5.41, 5.74) is 3.87. The van der Waals surface area contributed by atoms with Crippen molar-refractivity contribution in [3.63, 3.8) is 0 Å². The van der Waals surface area contributed by atoms with Gasteiger partial charge in [-0.1, -0.05) is 36.4 Å². The predicted molar refractivity (Wildman–Crippen MR) is 82.9 cm³/mol. The maximum absolute atomic E-state index is 6.07. The van der Waals surface area contributed by atoms with Crippen molar-refractivity contribution in [3.05, 3.63) is 59.7 Å². The molecule has 1 N–H and O–H groups in total. The summed E-state index contributed by atoms with van der Waals surface area (Å²) in [5.74, 6) is 1.01. The van der Waals surface area contributed by atoms with Crippen molar-refractivity contribution in [2.75, 3.05) is 18.5 Å². The Morgan fingerprint density at radius 2 is 1.81 bits per heavy atom. The smallest absolute Gasteiger partial charge is 0.126 e. The molecule has 0 aromatic heterocycles. The van der Waals surface area contributed by atoms with Crippen LogP contribution < -0.4 is 10.1 Å². The molecule has 108 valence electrons. The van der Waals surface area contributed by atoms with Crippen LogP contribution in [-0.4, -0.2) is 25.4 Å². The third-order valence-corrected chi connectivity index (χ3v) is 4.22. The second kappa shape index (κ2) is 5.41. The molecule has 2 aromatic rings. The van der Waals surface area contributed by atoms with Gasteiger partial charge >= 0.3 is 0 Å². The number of anilines is 1. The fourth-order valence-electron chi connectivity index (χ4n) is 3.12. The Balaban J connectivity index is 1.33. The van der Waals surface area contributed by atoms with Gasteiger partial charge in [-0.05, 0) is 23.3 Å². The number of nitrogens with one attached hydrogen (secondary N) is 1. The second-order valence-electron chi connectivity index (χ2n) is 5.75. The lowest BCUT2D eigenvalue weighted by atomic mass is 10.0. The number of hydrogen-bond donors (Lipinski definition) is 1. The molecule has 2 aliphatic rings. The molecule has 0 saturated heterocycles. The maximum atomic E-state index is 6.07. The molecule has 0 spiro atoms. The van der Waals surface area contributed by atoms with E-state index in [1.807, 2.05) is 12.1 Å². The van der Waals surface area contributed by atoms with Crippen molar-refractivity contribution in [3.8, 4) is 5.75 Å². The average Bonchev–Trinajstić information content (AvgIpc) is 2.95. The Hall–Kier alpha value is -2.00. The third-order valence-electron chi connectivity index (χ3n) is 4.22. The zero-order valence-electron chi connectivity index (χ0n) is 11.9. The molecule has 4 rings (SSSR count). The van der Waals surface area contributed by atoms with Gasteiger partial charge < -0.3 is 14.8 Å². The Labute approximate surface area is 124 Å². The highest BCUT2D eigenvalue weighted by atomic mass is 16.5. The normalized spacial score (nSPS) is 22.9. The van der Waals surface area contributed by atoms with Crippen molar-refractivity contribution >= 4 is 5.69 Å². The maximum Gasteiger partial charge on any atom is 0.126 e. The van der Waals surface area contributed by atoms with Crippen molar-refractivity contribution < 1.29 is 9.47 Å². The van der Waals surface area contributed by atoms with Crippen molar-refractivity contribution in [2.45, 2.75) is 25.0 Å². The van der Waals surface area contributed by atoms with Crippen LogP contribution >= 0.6 is 0 Å². The van der Waals surface area contributed by atoms with Crippen LogP contribution in [0.3, 0.4) is 0 Å². The van der Waals surface area contributed by atoms with E-state index >= 15 is 0 Å². The molecule has 2 aliphatic heterocycles. The van der Waals surface area contributed by atoms with Gasteiger partial charge in [-0.2, -0.15) is 0 Å². The molecular weight excluding hydrogens is 262 g/mol. The van der Waals surface area contributed by atoms with E-state index in [-0.39, 0.29) is 12.2 Å². The SMILES string of the molecule is c1ccc2c(c1)CC(OCC1Cc3ccccc3O1)CN2. The molecule has 0 saturated carbocycles. The third kappa shape index (κ3) is 2.61. The molecule has 0 radical (unpaired) electrons. The first-order chi connectivity index (χ1) is 10.4. The van der Waals surface area contributed by atoms with E-state index < -0.39 is 0 Å². The quantitative estimate of drug-likeness (QED) is 0.938. The summed E-state index contributed by atoms with van der Waals surface area (Å²) in [6, 6.07) is 16.7. The molecule has 0 amide bonds. The van der Waals surface area contributed by atoms with E-state index in [9.17, 15) is 0 Å². The van der Waals surface area contributed by atoms with Gasteiger partial charge in [0.1, 0.15) is 11.9 Å². The highest BCUT2D eigenvalue weighted by molar-refractivity contribution is 5.53. The Morgan fingerprint density at radius 1 is 1.00 bits per heavy atom. The monoisotopic (exact) mass is 281 g/mol. The van der Waals surface area contributed by atoms with Crippen LogP contribution in [0.1, 0.15) is 11.1 Å². The van der Waals surface area contributed by atoms with E-state index in [1.54, 1.807) is 0 Å². The van der Waals surface area contributed by atoms with Crippen LogP contribution in [0.2, 0.25) is 0 Å². The van der Waals surface area contributed by atoms with E-state index in [2.05, 4.69) is 41.7 Å². The van der Waals surface area contributed by atoms with Gasteiger partial charge in [0.2, 0.25) is 0 Å². The summed E-state index contributed by atoms with van der Waals surface area (Å²) in [5, 5.41) is 3.44. The van der Waals surface area contributed by atoms with Crippen LogP contribution in [0.15, 0.2) is 48.5 Å². The highest BCUT2D eigenvalue weighted by Gasteiger charge is 2.25. The fraction of sp³-hybridized carbons (Fsp3) is 0.333. The van der Waals surface area contributed by atoms with E-state index in [0.717, 1.165) is 25.1 Å². The van der Waals surface area contributed by atoms with Crippen LogP contribution in [0.4, 0.5) is 5.69 Å². The molecule has 3 nitrogen and oxygen atoms in total. The summed E-state index contributed by atoms with van der Waals surface area (Å²) in [7, 11) is 0. The summed E-state index contributed by atoms with van der Waals surface area (Å²) < 4.78 is 12.0. The highest BCUT2D eigenvalue weighted by Crippen LogP contribution is 2.29. The van der Waals surface area contributed by atoms with Crippen LogP contribution in [0.25, 0.3) is 0 Å². The largest absolute Gasteiger partial charge is 0.487 e. The average molecular weight is 281 g/mol. The standard InChI is InChI=1S/C18H19NO2/c1-3-7-17-13(5-1)9-15(11-19-17)20-12-16-10-14-6-2-4-8-18(14)21-16/h1-8,15-16,19H,9-12H2. The number of hydrogen-bond acceptors (Lipinski definition) is 3. The molecular formula is C18H19NO2. The molecule has 2 atom stereocenters. The van der Waals surface area contributed by atoms with Gasteiger partial charge in [-0.25, -0.2) is 0 Å². The lowest BCUT2D eigenvalue weighted by Gasteiger charge is -2.27. The lowest BCUT2D eigenvalue weighted by Crippen LogP contribution is -2.34. The number of fused-ring (bicyclic) bond motifs is 2. The molecule has 3 heteroatoms. The van der Waals surface area contributed by atoms with Crippen LogP contribution in [-0.2, 0) is 17.6 Å². The number of rotatable bonds is 3. The second-order valence-corrected chi connectivity index (χ2v) is 5.75. The first-order valence-electron chi connectivity index (χ1n) is 7.56. The van der Waals surface area contributed by atoms with Crippen molar-refractivity contribution in [2.24, 2.45) is 0 Å². The molecule has 2 unspecified atom stereocenters. The predicted octanol–water partition coefficient (Wildman–Crippen LogP) is 3.04. The summed E-state index contributed by atoms with van der Waals surface area (Å²) in [6.07, 6.45) is 2.31.